The standard InChI is InChI=1S/C21H22N2O3S2/c1-13-19(28-20(22-13)14-8-10-27-12-14)21(24)23-9-4-5-17(23)16-7-6-15(25-2)11-18(16)26-3/h6-8,10-12,17H,4-5,9H2,1-3H3. The monoisotopic (exact) mass is 414 g/mol. The first kappa shape index (κ1) is 19.0. The van der Waals surface area contributed by atoms with Gasteiger partial charge in [-0.05, 0) is 43.3 Å². The second-order valence-corrected chi connectivity index (χ2v) is 8.49. The number of thiazole rings is 1. The molecule has 7 heteroatoms. The summed E-state index contributed by atoms with van der Waals surface area (Å²) < 4.78 is 10.9. The van der Waals surface area contributed by atoms with Gasteiger partial charge in [-0.2, -0.15) is 11.3 Å². The fraction of sp³-hybridized carbons (Fsp3) is 0.333. The van der Waals surface area contributed by atoms with E-state index >= 15 is 0 Å². The van der Waals surface area contributed by atoms with Gasteiger partial charge in [0.15, 0.2) is 0 Å². The molecule has 1 unspecified atom stereocenters. The Morgan fingerprint density at radius 3 is 2.82 bits per heavy atom. The van der Waals surface area contributed by atoms with E-state index < -0.39 is 0 Å². The molecule has 0 bridgehead atoms. The summed E-state index contributed by atoms with van der Waals surface area (Å²) in [7, 11) is 3.29. The van der Waals surface area contributed by atoms with Crippen molar-refractivity contribution >= 4 is 28.6 Å². The molecule has 1 amide bonds. The second-order valence-electron chi connectivity index (χ2n) is 6.71. The number of benzene rings is 1. The first-order valence-electron chi connectivity index (χ1n) is 9.15. The molecule has 0 saturated carbocycles. The maximum atomic E-state index is 13.4. The SMILES string of the molecule is COc1ccc(C2CCCN2C(=O)c2sc(-c3ccsc3)nc2C)c(OC)c1. The van der Waals surface area contributed by atoms with Gasteiger partial charge in [-0.1, -0.05) is 0 Å². The summed E-state index contributed by atoms with van der Waals surface area (Å²) in [6.45, 7) is 2.66. The molecule has 3 aromatic rings. The van der Waals surface area contributed by atoms with E-state index in [9.17, 15) is 4.79 Å². The summed E-state index contributed by atoms with van der Waals surface area (Å²) in [6, 6.07) is 7.84. The summed E-state index contributed by atoms with van der Waals surface area (Å²) in [5.41, 5.74) is 2.89. The molecule has 3 heterocycles. The molecule has 2 aromatic heterocycles. The van der Waals surface area contributed by atoms with Crippen LogP contribution in [0.25, 0.3) is 10.6 Å². The van der Waals surface area contributed by atoms with Crippen molar-refractivity contribution < 1.29 is 14.3 Å². The number of rotatable bonds is 5. The molecular weight excluding hydrogens is 392 g/mol. The minimum atomic E-state index is -0.000506. The maximum Gasteiger partial charge on any atom is 0.266 e. The number of ether oxygens (including phenoxy) is 2. The van der Waals surface area contributed by atoms with Crippen molar-refractivity contribution in [3.8, 4) is 22.1 Å². The van der Waals surface area contributed by atoms with Crippen molar-refractivity contribution in [2.75, 3.05) is 20.8 Å². The number of carbonyl (C=O) groups excluding carboxylic acids is 1. The predicted molar refractivity (Wildman–Crippen MR) is 113 cm³/mol. The molecule has 0 radical (unpaired) electrons. The molecule has 1 aliphatic rings. The first-order chi connectivity index (χ1) is 13.6. The van der Waals surface area contributed by atoms with Crippen LogP contribution in [0.3, 0.4) is 0 Å². The molecule has 0 aliphatic carbocycles. The Hall–Kier alpha value is -2.38. The van der Waals surface area contributed by atoms with E-state index in [4.69, 9.17) is 9.47 Å². The van der Waals surface area contributed by atoms with Gasteiger partial charge in [0.1, 0.15) is 21.4 Å². The Labute approximate surface area is 172 Å². The van der Waals surface area contributed by atoms with Crippen LogP contribution in [-0.4, -0.2) is 36.6 Å². The van der Waals surface area contributed by atoms with Gasteiger partial charge in [-0.15, -0.1) is 11.3 Å². The quantitative estimate of drug-likeness (QED) is 0.578. The molecule has 28 heavy (non-hydrogen) atoms. The number of aryl methyl sites for hydroxylation is 1. The highest BCUT2D eigenvalue weighted by Gasteiger charge is 2.34. The molecular formula is C21H22N2O3S2. The first-order valence-corrected chi connectivity index (χ1v) is 10.9. The van der Waals surface area contributed by atoms with E-state index in [0.717, 1.165) is 57.6 Å². The zero-order chi connectivity index (χ0) is 19.7. The average molecular weight is 415 g/mol. The van der Waals surface area contributed by atoms with Crippen molar-refractivity contribution in [2.45, 2.75) is 25.8 Å². The number of hydrogen-bond donors (Lipinski definition) is 0. The highest BCUT2D eigenvalue weighted by molar-refractivity contribution is 7.17. The van der Waals surface area contributed by atoms with Gasteiger partial charge in [-0.25, -0.2) is 4.98 Å². The number of likely N-dealkylation sites (tertiary alicyclic amines) is 1. The van der Waals surface area contributed by atoms with Crippen molar-refractivity contribution in [2.24, 2.45) is 0 Å². The Morgan fingerprint density at radius 1 is 1.25 bits per heavy atom. The lowest BCUT2D eigenvalue weighted by Gasteiger charge is -2.26. The lowest BCUT2D eigenvalue weighted by molar-refractivity contribution is 0.0738. The van der Waals surface area contributed by atoms with Crippen molar-refractivity contribution in [3.63, 3.8) is 0 Å². The second kappa shape index (κ2) is 7.93. The lowest BCUT2D eigenvalue weighted by Crippen LogP contribution is -2.30. The van der Waals surface area contributed by atoms with Crippen LogP contribution in [0.5, 0.6) is 11.5 Å². The zero-order valence-electron chi connectivity index (χ0n) is 16.1. The van der Waals surface area contributed by atoms with Crippen molar-refractivity contribution in [1.29, 1.82) is 0 Å². The van der Waals surface area contributed by atoms with E-state index in [1.807, 2.05) is 41.5 Å². The highest BCUT2D eigenvalue weighted by Crippen LogP contribution is 2.40. The van der Waals surface area contributed by atoms with Crippen LogP contribution in [-0.2, 0) is 0 Å². The summed E-state index contributed by atoms with van der Waals surface area (Å²) in [5.74, 6) is 1.55. The minimum absolute atomic E-state index is 0.000506. The van der Waals surface area contributed by atoms with Crippen LogP contribution in [0.2, 0.25) is 0 Å². The van der Waals surface area contributed by atoms with Crippen LogP contribution >= 0.6 is 22.7 Å². The Kier molecular flexibility index (Phi) is 5.37. The van der Waals surface area contributed by atoms with Crippen LogP contribution < -0.4 is 9.47 Å². The van der Waals surface area contributed by atoms with Crippen LogP contribution in [0.4, 0.5) is 0 Å². The summed E-state index contributed by atoms with van der Waals surface area (Å²) >= 11 is 3.11. The molecule has 1 fully saturated rings. The van der Waals surface area contributed by atoms with Gasteiger partial charge in [-0.3, -0.25) is 4.79 Å². The molecule has 1 atom stereocenters. The van der Waals surface area contributed by atoms with Gasteiger partial charge in [0.25, 0.3) is 5.91 Å². The smallest absolute Gasteiger partial charge is 0.266 e. The van der Waals surface area contributed by atoms with Crippen LogP contribution in [0, 0.1) is 6.92 Å². The number of thiophene rings is 1. The normalized spacial score (nSPS) is 16.4. The van der Waals surface area contributed by atoms with Gasteiger partial charge in [0.2, 0.25) is 0 Å². The van der Waals surface area contributed by atoms with E-state index in [1.165, 1.54) is 11.3 Å². The Bertz CT molecular complexity index is 982. The fourth-order valence-corrected chi connectivity index (χ4v) is 5.40. The molecule has 0 spiro atoms. The largest absolute Gasteiger partial charge is 0.497 e. The third kappa shape index (κ3) is 3.40. The predicted octanol–water partition coefficient (Wildman–Crippen LogP) is 5.17. The maximum absolute atomic E-state index is 13.4. The molecule has 0 N–H and O–H groups in total. The van der Waals surface area contributed by atoms with Gasteiger partial charge in [0.05, 0.1) is 26.0 Å². The number of amides is 1. The zero-order valence-corrected chi connectivity index (χ0v) is 17.7. The van der Waals surface area contributed by atoms with Gasteiger partial charge in [0, 0.05) is 29.1 Å². The number of nitrogens with zero attached hydrogens (tertiary/aromatic N) is 2. The topological polar surface area (TPSA) is 51.7 Å². The number of aromatic nitrogens is 1. The Balaban J connectivity index is 1.65. The molecule has 4 rings (SSSR count). The summed E-state index contributed by atoms with van der Waals surface area (Å²) in [4.78, 5) is 20.7. The van der Waals surface area contributed by atoms with E-state index in [0.29, 0.717) is 0 Å². The van der Waals surface area contributed by atoms with E-state index in [1.54, 1.807) is 25.6 Å². The summed E-state index contributed by atoms with van der Waals surface area (Å²) in [6.07, 6.45) is 1.89. The third-order valence-corrected chi connectivity index (χ3v) is 6.95. The average Bonchev–Trinajstić information content (AvgIpc) is 3.47. The lowest BCUT2D eigenvalue weighted by atomic mass is 10.0. The Morgan fingerprint density at radius 2 is 2.11 bits per heavy atom. The van der Waals surface area contributed by atoms with Crippen LogP contribution in [0.15, 0.2) is 35.0 Å². The molecule has 1 aliphatic heterocycles. The van der Waals surface area contributed by atoms with E-state index in [-0.39, 0.29) is 11.9 Å². The molecule has 146 valence electrons. The molecule has 1 saturated heterocycles. The van der Waals surface area contributed by atoms with Gasteiger partial charge < -0.3 is 14.4 Å². The molecule has 5 nitrogen and oxygen atoms in total. The van der Waals surface area contributed by atoms with E-state index in [2.05, 4.69) is 10.4 Å². The number of hydrogen-bond acceptors (Lipinski definition) is 6. The number of methoxy groups -OCH3 is 2. The summed E-state index contributed by atoms with van der Waals surface area (Å²) in [5, 5.41) is 4.99. The highest BCUT2D eigenvalue weighted by atomic mass is 32.1. The van der Waals surface area contributed by atoms with Crippen molar-refractivity contribution in [1.82, 2.24) is 9.88 Å². The number of carbonyl (C=O) groups is 1. The fourth-order valence-electron chi connectivity index (χ4n) is 3.66. The van der Waals surface area contributed by atoms with Gasteiger partial charge >= 0.3 is 0 Å². The van der Waals surface area contributed by atoms with Crippen molar-refractivity contribution in [3.05, 3.63) is 51.2 Å². The van der Waals surface area contributed by atoms with Crippen LogP contribution in [0.1, 0.15) is 39.8 Å². The minimum Gasteiger partial charge on any atom is -0.497 e. The third-order valence-electron chi connectivity index (χ3n) is 5.07. The molecule has 1 aromatic carbocycles.